The van der Waals surface area contributed by atoms with Crippen LogP contribution in [0.3, 0.4) is 0 Å². The van der Waals surface area contributed by atoms with Gasteiger partial charge in [0.25, 0.3) is 0 Å². The summed E-state index contributed by atoms with van der Waals surface area (Å²) in [6.45, 7) is 9.85. The van der Waals surface area contributed by atoms with E-state index >= 15 is 0 Å². The summed E-state index contributed by atoms with van der Waals surface area (Å²) in [4.78, 5) is 11.8. The number of carbonyl (C=O) groups is 1. The molecule has 0 aromatic carbocycles. The third-order valence-corrected chi connectivity index (χ3v) is 6.44. The van der Waals surface area contributed by atoms with E-state index in [4.69, 9.17) is 4.74 Å². The number of hydroxylamine groups is 2. The summed E-state index contributed by atoms with van der Waals surface area (Å²) in [6, 6.07) is 1.87. The van der Waals surface area contributed by atoms with Crippen molar-refractivity contribution in [2.75, 3.05) is 6.61 Å². The quantitative estimate of drug-likeness (QED) is 0.620. The molecule has 18 heavy (non-hydrogen) atoms. The van der Waals surface area contributed by atoms with Crippen molar-refractivity contribution < 1.29 is 14.7 Å². The van der Waals surface area contributed by atoms with Gasteiger partial charge in [-0.2, -0.15) is 0 Å². The Hall–Kier alpha value is -0.611. The minimum absolute atomic E-state index is 0.0957. The van der Waals surface area contributed by atoms with Gasteiger partial charge in [0.2, 0.25) is 0 Å². The third kappa shape index (κ3) is 1.77. The molecule has 0 bridgehead atoms. The van der Waals surface area contributed by atoms with Crippen molar-refractivity contribution in [1.29, 1.82) is 0 Å². The maximum atomic E-state index is 12.3. The number of esters is 1. The monoisotopic (exact) mass is 316 g/mol. The fourth-order valence-electron chi connectivity index (χ4n) is 2.50. The van der Waals surface area contributed by atoms with Crippen molar-refractivity contribution in [2.24, 2.45) is 0 Å². The van der Waals surface area contributed by atoms with Crippen LogP contribution in [0, 0.1) is 0 Å². The molecule has 0 atom stereocenters. The second kappa shape index (κ2) is 4.20. The van der Waals surface area contributed by atoms with E-state index in [0.29, 0.717) is 6.61 Å². The first-order valence-electron chi connectivity index (χ1n) is 6.02. The van der Waals surface area contributed by atoms with E-state index in [1.54, 1.807) is 6.92 Å². The fourth-order valence-corrected chi connectivity index (χ4v) is 5.21. The van der Waals surface area contributed by atoms with Gasteiger partial charge in [-0.05, 0) is 0 Å². The Labute approximate surface area is 113 Å². The van der Waals surface area contributed by atoms with Crippen LogP contribution in [0.25, 0.3) is 0 Å². The molecule has 0 saturated heterocycles. The first kappa shape index (κ1) is 13.8. The number of fused-ring (bicyclic) bond motifs is 1. The Kier molecular flexibility index (Phi) is 3.23. The van der Waals surface area contributed by atoms with Crippen LogP contribution >= 0.6 is 0 Å². The maximum absolute atomic E-state index is 12.3. The van der Waals surface area contributed by atoms with Crippen LogP contribution in [0.1, 0.15) is 53.9 Å². The number of hydrogen-bond acceptors (Lipinski definition) is 3. The van der Waals surface area contributed by atoms with E-state index in [1.165, 1.54) is 0 Å². The summed E-state index contributed by atoms with van der Waals surface area (Å²) in [5.41, 5.74) is -0.0798. The summed E-state index contributed by atoms with van der Waals surface area (Å²) in [6.07, 6.45) is 0. The van der Waals surface area contributed by atoms with Crippen LogP contribution in [0.2, 0.25) is 0 Å². The number of rotatable bonds is 2. The Bertz CT molecular complexity index is 457. The predicted molar refractivity (Wildman–Crippen MR) is 67.9 cm³/mol. The van der Waals surface area contributed by atoms with Gasteiger partial charge in [0.05, 0.1) is 0 Å². The second-order valence-corrected chi connectivity index (χ2v) is 7.69. The number of ether oxygens (including phenoxy) is 1. The van der Waals surface area contributed by atoms with Crippen molar-refractivity contribution in [3.05, 3.63) is 20.5 Å². The van der Waals surface area contributed by atoms with Crippen LogP contribution in [-0.2, 0) is 21.0 Å². The average Bonchev–Trinajstić information content (AvgIpc) is 2.78. The number of nitrogens with zero attached hydrogens (tertiary/aromatic N) is 1. The van der Waals surface area contributed by atoms with Gasteiger partial charge < -0.3 is 0 Å². The fraction of sp³-hybridized carbons (Fsp3) is 0.615. The summed E-state index contributed by atoms with van der Waals surface area (Å²) >= 11 is -0.0957. The Balaban J connectivity index is 2.48. The van der Waals surface area contributed by atoms with Gasteiger partial charge >= 0.3 is 113 Å². The molecule has 1 aliphatic heterocycles. The Morgan fingerprint density at radius 1 is 1.33 bits per heavy atom. The number of hydrogen-bond donors (Lipinski definition) is 0. The molecule has 1 aromatic heterocycles. The summed E-state index contributed by atoms with van der Waals surface area (Å²) < 4.78 is 6.88. The SMILES string of the molecule is CCOC(=O)c1cc2c([se]1)C(C)(C)N([O])C2(C)C. The zero-order valence-corrected chi connectivity index (χ0v) is 13.1. The predicted octanol–water partition coefficient (Wildman–Crippen LogP) is 2.05. The van der Waals surface area contributed by atoms with E-state index in [9.17, 15) is 10.0 Å². The molecule has 2 heterocycles. The van der Waals surface area contributed by atoms with E-state index in [-0.39, 0.29) is 20.5 Å². The van der Waals surface area contributed by atoms with Crippen molar-refractivity contribution in [1.82, 2.24) is 5.06 Å². The van der Waals surface area contributed by atoms with Gasteiger partial charge in [-0.25, -0.2) is 0 Å². The molecule has 0 saturated carbocycles. The van der Waals surface area contributed by atoms with Gasteiger partial charge in [-0.1, -0.05) is 0 Å². The van der Waals surface area contributed by atoms with Crippen molar-refractivity contribution in [3.8, 4) is 0 Å². The molecule has 1 radical (unpaired) electrons. The summed E-state index contributed by atoms with van der Waals surface area (Å²) in [7, 11) is 0. The van der Waals surface area contributed by atoms with E-state index in [1.807, 2.05) is 33.8 Å². The van der Waals surface area contributed by atoms with Gasteiger partial charge in [0.15, 0.2) is 0 Å². The van der Waals surface area contributed by atoms with Crippen LogP contribution in [-0.4, -0.2) is 32.1 Å². The minimum atomic E-state index is -0.561. The normalized spacial score (nSPS) is 20.8. The molecule has 99 valence electrons. The topological polar surface area (TPSA) is 49.4 Å². The van der Waals surface area contributed by atoms with Crippen LogP contribution in [0.4, 0.5) is 0 Å². The van der Waals surface area contributed by atoms with E-state index < -0.39 is 11.1 Å². The second-order valence-electron chi connectivity index (χ2n) is 5.49. The standard InChI is InChI=1S/C13H18NO3Se/c1-6-17-11(15)9-7-8-10(18-9)13(4,5)14(16)12(8,2)3/h7H,6H2,1-5H3. The molecule has 0 fully saturated rings. The third-order valence-electron chi connectivity index (χ3n) is 3.44. The molecule has 0 spiro atoms. The molecule has 5 heteroatoms. The van der Waals surface area contributed by atoms with Gasteiger partial charge in [-0.3, -0.25) is 0 Å². The molecule has 2 rings (SSSR count). The van der Waals surface area contributed by atoms with Crippen LogP contribution in [0.15, 0.2) is 6.07 Å². The van der Waals surface area contributed by atoms with Crippen molar-refractivity contribution in [2.45, 2.75) is 45.7 Å². The van der Waals surface area contributed by atoms with Crippen LogP contribution < -0.4 is 0 Å². The first-order valence-corrected chi connectivity index (χ1v) is 7.73. The van der Waals surface area contributed by atoms with E-state index in [2.05, 4.69) is 0 Å². The average molecular weight is 315 g/mol. The number of carbonyl (C=O) groups excluding carboxylic acids is 1. The summed E-state index contributed by atoms with van der Waals surface area (Å²) in [5.74, 6) is -0.240. The van der Waals surface area contributed by atoms with Crippen molar-refractivity contribution >= 4 is 20.5 Å². The molecule has 0 unspecified atom stereocenters. The summed E-state index contributed by atoms with van der Waals surface area (Å²) in [5, 5.41) is 13.4. The molecular formula is C13H18NO3Se. The molecule has 4 nitrogen and oxygen atoms in total. The first-order chi connectivity index (χ1) is 8.22. The molecular weight excluding hydrogens is 297 g/mol. The molecule has 0 N–H and O–H groups in total. The molecule has 1 aliphatic rings. The van der Waals surface area contributed by atoms with Gasteiger partial charge in [0, 0.05) is 0 Å². The Morgan fingerprint density at radius 2 is 1.94 bits per heavy atom. The van der Waals surface area contributed by atoms with E-state index in [0.717, 1.165) is 19.5 Å². The van der Waals surface area contributed by atoms with Gasteiger partial charge in [0.1, 0.15) is 0 Å². The molecule has 0 amide bonds. The van der Waals surface area contributed by atoms with Gasteiger partial charge in [-0.15, -0.1) is 0 Å². The molecule has 0 aliphatic carbocycles. The molecule has 1 aromatic rings. The van der Waals surface area contributed by atoms with Crippen molar-refractivity contribution in [3.63, 3.8) is 0 Å². The zero-order valence-electron chi connectivity index (χ0n) is 11.4. The van der Waals surface area contributed by atoms with Crippen LogP contribution in [0.5, 0.6) is 0 Å². The zero-order chi connectivity index (χ0) is 13.7. The Morgan fingerprint density at radius 3 is 2.44 bits per heavy atom.